The minimum absolute atomic E-state index is 0.0356. The second-order valence-corrected chi connectivity index (χ2v) is 7.36. The zero-order valence-electron chi connectivity index (χ0n) is 16.6. The highest BCUT2D eigenvalue weighted by Crippen LogP contribution is 2.40. The van der Waals surface area contributed by atoms with Gasteiger partial charge >= 0.3 is 5.69 Å². The molecule has 2 aromatic rings. The third kappa shape index (κ3) is 3.83. The summed E-state index contributed by atoms with van der Waals surface area (Å²) >= 11 is 0. The number of nitro benzene ring substituents is 2. The highest BCUT2D eigenvalue weighted by Gasteiger charge is 2.50. The normalized spacial score (nSPS) is 19.9. The first-order valence-electron chi connectivity index (χ1n) is 9.68. The van der Waals surface area contributed by atoms with Crippen molar-refractivity contribution in [3.05, 3.63) is 86.0 Å². The van der Waals surface area contributed by atoms with Crippen LogP contribution in [0.25, 0.3) is 0 Å². The Balaban J connectivity index is 1.48. The minimum Gasteiger partial charge on any atom is -0.277 e. The number of rotatable bonds is 7. The molecule has 2 atom stereocenters. The summed E-state index contributed by atoms with van der Waals surface area (Å²) in [5.74, 6) is -1.67. The number of hydrazone groups is 1. The summed E-state index contributed by atoms with van der Waals surface area (Å²) in [6.45, 7) is 0.198. The molecule has 1 heterocycles. The average molecular weight is 435 g/mol. The summed E-state index contributed by atoms with van der Waals surface area (Å²) in [6.07, 6.45) is 3.51. The van der Waals surface area contributed by atoms with E-state index in [-0.39, 0.29) is 24.0 Å². The number of imide groups is 1. The Morgan fingerprint density at radius 1 is 1.06 bits per heavy atom. The summed E-state index contributed by atoms with van der Waals surface area (Å²) in [6, 6.07) is 12.3. The lowest BCUT2D eigenvalue weighted by Crippen LogP contribution is -2.31. The van der Waals surface area contributed by atoms with E-state index < -0.39 is 33.1 Å². The number of carbonyl (C=O) groups is 2. The molecular formula is C21H17N5O6. The van der Waals surface area contributed by atoms with Crippen molar-refractivity contribution in [2.24, 2.45) is 16.9 Å². The van der Waals surface area contributed by atoms with Crippen LogP contribution in [0.2, 0.25) is 0 Å². The molecule has 11 heteroatoms. The van der Waals surface area contributed by atoms with Gasteiger partial charge in [-0.05, 0) is 23.6 Å². The zero-order valence-corrected chi connectivity index (χ0v) is 16.6. The van der Waals surface area contributed by atoms with Crippen molar-refractivity contribution in [3.63, 3.8) is 0 Å². The fraction of sp³-hybridized carbons (Fsp3) is 0.190. The van der Waals surface area contributed by atoms with E-state index in [0.717, 1.165) is 17.7 Å². The summed E-state index contributed by atoms with van der Waals surface area (Å²) in [7, 11) is 0. The first-order chi connectivity index (χ1) is 15.4. The van der Waals surface area contributed by atoms with Gasteiger partial charge in [0.2, 0.25) is 11.8 Å². The molecule has 1 N–H and O–H groups in total. The molecule has 32 heavy (non-hydrogen) atoms. The molecule has 0 bridgehead atoms. The van der Waals surface area contributed by atoms with Crippen molar-refractivity contribution < 1.29 is 19.4 Å². The third-order valence-corrected chi connectivity index (χ3v) is 5.46. The van der Waals surface area contributed by atoms with Gasteiger partial charge in [0.15, 0.2) is 0 Å². The molecule has 1 fully saturated rings. The van der Waals surface area contributed by atoms with Crippen molar-refractivity contribution in [2.45, 2.75) is 13.0 Å². The fourth-order valence-electron chi connectivity index (χ4n) is 3.90. The molecule has 1 saturated heterocycles. The van der Waals surface area contributed by atoms with Crippen LogP contribution < -0.4 is 5.43 Å². The Kier molecular flexibility index (Phi) is 5.46. The quantitative estimate of drug-likeness (QED) is 0.304. The van der Waals surface area contributed by atoms with Gasteiger partial charge < -0.3 is 0 Å². The summed E-state index contributed by atoms with van der Waals surface area (Å²) in [5, 5.41) is 26.0. The lowest BCUT2D eigenvalue weighted by atomic mass is 9.94. The Hall–Kier alpha value is -4.41. The number of likely N-dealkylation sites (tertiary alicyclic amines) is 1. The number of hydrogen-bond acceptors (Lipinski definition) is 8. The number of fused-ring (bicyclic) bond motifs is 1. The highest BCUT2D eigenvalue weighted by molar-refractivity contribution is 6.10. The molecule has 1 aliphatic carbocycles. The van der Waals surface area contributed by atoms with Crippen molar-refractivity contribution in [1.82, 2.24) is 4.90 Å². The molecule has 2 amide bonds. The SMILES string of the molecule is O=C1[C@@H]2C(/C=N/Nc3ccc([N+](=O)[O-])cc3[N+](=O)[O-])=CC[C@@H]2C(=O)N1Cc1ccccc1. The molecule has 11 nitrogen and oxygen atoms in total. The van der Waals surface area contributed by atoms with Crippen LogP contribution >= 0.6 is 0 Å². The summed E-state index contributed by atoms with van der Waals surface area (Å²) < 4.78 is 0. The summed E-state index contributed by atoms with van der Waals surface area (Å²) in [4.78, 5) is 47.5. The Morgan fingerprint density at radius 3 is 2.50 bits per heavy atom. The van der Waals surface area contributed by atoms with Gasteiger partial charge in [0.05, 0.1) is 40.5 Å². The van der Waals surface area contributed by atoms with Gasteiger partial charge in [0, 0.05) is 6.07 Å². The maximum Gasteiger partial charge on any atom is 0.301 e. The minimum atomic E-state index is -0.754. The Bertz CT molecular complexity index is 1180. The number of nitrogens with one attached hydrogen (secondary N) is 1. The number of nitrogens with zero attached hydrogens (tertiary/aromatic N) is 4. The van der Waals surface area contributed by atoms with E-state index in [1.807, 2.05) is 30.3 Å². The van der Waals surface area contributed by atoms with E-state index in [2.05, 4.69) is 10.5 Å². The first-order valence-corrected chi connectivity index (χ1v) is 9.68. The smallest absolute Gasteiger partial charge is 0.277 e. The van der Waals surface area contributed by atoms with E-state index in [4.69, 9.17) is 0 Å². The number of nitro groups is 2. The van der Waals surface area contributed by atoms with Gasteiger partial charge in [0.1, 0.15) is 5.69 Å². The van der Waals surface area contributed by atoms with Gasteiger partial charge in [-0.25, -0.2) is 0 Å². The van der Waals surface area contributed by atoms with Gasteiger partial charge in [-0.1, -0.05) is 36.4 Å². The van der Waals surface area contributed by atoms with Crippen LogP contribution in [0.4, 0.5) is 17.1 Å². The molecule has 0 spiro atoms. The molecule has 2 aliphatic rings. The van der Waals surface area contributed by atoms with Gasteiger partial charge in [-0.3, -0.25) is 40.1 Å². The van der Waals surface area contributed by atoms with Crippen LogP contribution in [0.5, 0.6) is 0 Å². The summed E-state index contributed by atoms with van der Waals surface area (Å²) in [5.41, 5.74) is 2.93. The van der Waals surface area contributed by atoms with Crippen LogP contribution in [0.15, 0.2) is 65.3 Å². The predicted molar refractivity (Wildman–Crippen MR) is 114 cm³/mol. The van der Waals surface area contributed by atoms with Crippen LogP contribution in [-0.4, -0.2) is 32.8 Å². The standard InChI is InChI=1S/C21H17N5O6/c27-20-16-8-6-14(19(16)21(28)24(20)12-13-4-2-1-3-5-13)11-22-23-17-9-7-15(25(29)30)10-18(17)26(31)32/h1-7,9-11,16,19,23H,8,12H2/b22-11+/t16-,19+/m0/s1. The van der Waals surface area contributed by atoms with Crippen molar-refractivity contribution in [3.8, 4) is 0 Å². The van der Waals surface area contributed by atoms with Gasteiger partial charge in [-0.2, -0.15) is 5.10 Å². The first kappa shape index (κ1) is 20.8. The number of anilines is 1. The Labute approximate surface area is 181 Å². The van der Waals surface area contributed by atoms with Crippen LogP contribution in [0, 0.1) is 32.1 Å². The number of benzene rings is 2. The van der Waals surface area contributed by atoms with E-state index in [1.165, 1.54) is 17.2 Å². The molecule has 0 aromatic heterocycles. The third-order valence-electron chi connectivity index (χ3n) is 5.46. The molecule has 0 saturated carbocycles. The van der Waals surface area contributed by atoms with Gasteiger partial charge in [-0.15, -0.1) is 0 Å². The fourth-order valence-corrected chi connectivity index (χ4v) is 3.90. The number of carbonyl (C=O) groups excluding carboxylic acids is 2. The lowest BCUT2D eigenvalue weighted by Gasteiger charge is -2.15. The zero-order chi connectivity index (χ0) is 22.8. The highest BCUT2D eigenvalue weighted by atomic mass is 16.6. The Morgan fingerprint density at radius 2 is 1.81 bits per heavy atom. The second-order valence-electron chi connectivity index (χ2n) is 7.36. The van der Waals surface area contributed by atoms with Crippen molar-refractivity contribution in [1.29, 1.82) is 0 Å². The molecule has 0 unspecified atom stereocenters. The monoisotopic (exact) mass is 435 g/mol. The van der Waals surface area contributed by atoms with Crippen LogP contribution in [0.3, 0.4) is 0 Å². The molecule has 4 rings (SSSR count). The molecule has 0 radical (unpaired) electrons. The average Bonchev–Trinajstić information content (AvgIpc) is 3.30. The maximum absolute atomic E-state index is 12.9. The van der Waals surface area contributed by atoms with E-state index in [9.17, 15) is 29.8 Å². The number of hydrogen-bond donors (Lipinski definition) is 1. The molecule has 1 aliphatic heterocycles. The number of non-ortho nitro benzene ring substituents is 1. The molecular weight excluding hydrogens is 418 g/mol. The van der Waals surface area contributed by atoms with Crippen molar-refractivity contribution in [2.75, 3.05) is 5.43 Å². The van der Waals surface area contributed by atoms with Crippen molar-refractivity contribution >= 4 is 35.1 Å². The van der Waals surface area contributed by atoms with Gasteiger partial charge in [0.25, 0.3) is 5.69 Å². The molecule has 2 aromatic carbocycles. The van der Waals surface area contributed by atoms with E-state index in [1.54, 1.807) is 6.08 Å². The van der Waals surface area contributed by atoms with E-state index >= 15 is 0 Å². The second kappa shape index (κ2) is 8.38. The number of amides is 2. The lowest BCUT2D eigenvalue weighted by molar-refractivity contribution is -0.393. The predicted octanol–water partition coefficient (Wildman–Crippen LogP) is 3.03. The topological polar surface area (TPSA) is 148 Å². The number of allylic oxidation sites excluding steroid dienone is 1. The van der Waals surface area contributed by atoms with E-state index in [0.29, 0.717) is 12.0 Å². The van der Waals surface area contributed by atoms with Crippen LogP contribution in [0.1, 0.15) is 12.0 Å². The largest absolute Gasteiger partial charge is 0.301 e. The molecule has 162 valence electrons. The maximum atomic E-state index is 12.9. The van der Waals surface area contributed by atoms with Crippen LogP contribution in [-0.2, 0) is 16.1 Å².